The van der Waals surface area contributed by atoms with E-state index in [0.717, 1.165) is 16.7 Å². The third-order valence-electron chi connectivity index (χ3n) is 3.68. The van der Waals surface area contributed by atoms with Crippen molar-refractivity contribution >= 4 is 16.7 Å². The Bertz CT molecular complexity index is 619. The van der Waals surface area contributed by atoms with Gasteiger partial charge in [0, 0.05) is 31.6 Å². The van der Waals surface area contributed by atoms with Crippen LogP contribution in [-0.2, 0) is 0 Å². The van der Waals surface area contributed by atoms with E-state index in [1.54, 1.807) is 0 Å². The van der Waals surface area contributed by atoms with Crippen LogP contribution in [0.25, 0.3) is 10.9 Å². The molecule has 2 aromatic rings. The normalized spacial score (nSPS) is 17.4. The van der Waals surface area contributed by atoms with E-state index in [2.05, 4.69) is 4.98 Å². The summed E-state index contributed by atoms with van der Waals surface area (Å²) in [6, 6.07) is 11.8. The minimum absolute atomic E-state index is 0.411. The fraction of sp³-hybridized carbons (Fsp3) is 0.400. The summed E-state index contributed by atoms with van der Waals surface area (Å²) < 4.78 is 37.1. The number of pyridine rings is 1. The molecular formula is C15H16F3N3. The van der Waals surface area contributed by atoms with Crippen LogP contribution >= 0.6 is 0 Å². The summed E-state index contributed by atoms with van der Waals surface area (Å²) in [4.78, 5) is 8.07. The van der Waals surface area contributed by atoms with Crippen LogP contribution in [0.2, 0.25) is 0 Å². The summed E-state index contributed by atoms with van der Waals surface area (Å²) in [5.41, 5.74) is 0.910. The molecule has 0 saturated carbocycles. The first kappa shape index (κ1) is 14.1. The first-order valence-corrected chi connectivity index (χ1v) is 6.91. The number of nitrogens with zero attached hydrogens (tertiary/aromatic N) is 3. The lowest BCUT2D eigenvalue weighted by atomic mass is 10.2. The first-order valence-electron chi connectivity index (χ1n) is 6.91. The van der Waals surface area contributed by atoms with Crippen molar-refractivity contribution in [1.82, 2.24) is 9.88 Å². The van der Waals surface area contributed by atoms with Crippen LogP contribution in [0, 0.1) is 0 Å². The van der Waals surface area contributed by atoms with Crippen molar-refractivity contribution in [3.63, 3.8) is 0 Å². The lowest BCUT2D eigenvalue weighted by Crippen LogP contribution is -2.49. The second-order valence-electron chi connectivity index (χ2n) is 5.24. The minimum Gasteiger partial charge on any atom is -0.354 e. The number of fused-ring (bicyclic) bond motifs is 1. The third-order valence-corrected chi connectivity index (χ3v) is 3.68. The van der Waals surface area contributed by atoms with E-state index < -0.39 is 12.7 Å². The van der Waals surface area contributed by atoms with E-state index >= 15 is 0 Å². The highest BCUT2D eigenvalue weighted by Gasteiger charge is 2.32. The first-order chi connectivity index (χ1) is 10.0. The van der Waals surface area contributed by atoms with E-state index in [0.29, 0.717) is 26.2 Å². The molecule has 1 aromatic carbocycles. The molecule has 0 atom stereocenters. The predicted molar refractivity (Wildman–Crippen MR) is 76.5 cm³/mol. The molecule has 6 heteroatoms. The summed E-state index contributed by atoms with van der Waals surface area (Å²) in [6.07, 6.45) is -4.12. The van der Waals surface area contributed by atoms with Gasteiger partial charge in [-0.3, -0.25) is 4.90 Å². The molecule has 0 unspecified atom stereocenters. The van der Waals surface area contributed by atoms with Crippen LogP contribution in [0.3, 0.4) is 0 Å². The monoisotopic (exact) mass is 295 g/mol. The number of hydrogen-bond donors (Lipinski definition) is 0. The fourth-order valence-electron chi connectivity index (χ4n) is 2.62. The molecule has 0 spiro atoms. The number of rotatable bonds is 2. The number of hydrogen-bond acceptors (Lipinski definition) is 3. The third kappa shape index (κ3) is 3.44. The smallest absolute Gasteiger partial charge is 0.354 e. The van der Waals surface area contributed by atoms with Gasteiger partial charge in [0.2, 0.25) is 0 Å². The summed E-state index contributed by atoms with van der Waals surface area (Å²) in [6.45, 7) is 1.14. The van der Waals surface area contributed by atoms with Gasteiger partial charge >= 0.3 is 6.18 Å². The van der Waals surface area contributed by atoms with Crippen LogP contribution in [0.15, 0.2) is 36.4 Å². The molecule has 1 fully saturated rings. The molecule has 0 amide bonds. The second kappa shape index (κ2) is 5.52. The van der Waals surface area contributed by atoms with Gasteiger partial charge in [-0.2, -0.15) is 13.2 Å². The summed E-state index contributed by atoms with van der Waals surface area (Å²) in [7, 11) is 0. The van der Waals surface area contributed by atoms with Gasteiger partial charge in [0.05, 0.1) is 12.1 Å². The molecule has 3 nitrogen and oxygen atoms in total. The van der Waals surface area contributed by atoms with E-state index in [1.165, 1.54) is 4.90 Å². The molecule has 0 bridgehead atoms. The Morgan fingerprint density at radius 2 is 1.67 bits per heavy atom. The molecule has 1 aromatic heterocycles. The zero-order chi connectivity index (χ0) is 14.9. The Hall–Kier alpha value is -1.82. The average molecular weight is 295 g/mol. The molecule has 21 heavy (non-hydrogen) atoms. The predicted octanol–water partition coefficient (Wildman–Crippen LogP) is 2.92. The number of piperazine rings is 1. The van der Waals surface area contributed by atoms with Gasteiger partial charge in [0.25, 0.3) is 0 Å². The number of alkyl halides is 3. The molecular weight excluding hydrogens is 279 g/mol. The maximum Gasteiger partial charge on any atom is 0.401 e. The van der Waals surface area contributed by atoms with Gasteiger partial charge in [-0.1, -0.05) is 18.2 Å². The summed E-state index contributed by atoms with van der Waals surface area (Å²) >= 11 is 0. The number of halogens is 3. The highest BCUT2D eigenvalue weighted by molar-refractivity contribution is 5.80. The maximum atomic E-state index is 12.4. The lowest BCUT2D eigenvalue weighted by molar-refractivity contribution is -0.146. The van der Waals surface area contributed by atoms with Crippen LogP contribution in [-0.4, -0.2) is 48.8 Å². The van der Waals surface area contributed by atoms with Crippen LogP contribution in [0.5, 0.6) is 0 Å². The summed E-state index contributed by atoms with van der Waals surface area (Å²) in [5, 5.41) is 1.07. The van der Waals surface area contributed by atoms with Gasteiger partial charge in [-0.25, -0.2) is 4.98 Å². The van der Waals surface area contributed by atoms with Crippen LogP contribution in [0.1, 0.15) is 0 Å². The molecule has 2 heterocycles. The zero-order valence-corrected chi connectivity index (χ0v) is 11.5. The number of aromatic nitrogens is 1. The van der Waals surface area contributed by atoms with Crippen LogP contribution < -0.4 is 4.90 Å². The highest BCUT2D eigenvalue weighted by atomic mass is 19.4. The van der Waals surface area contributed by atoms with Gasteiger partial charge in [0.15, 0.2) is 0 Å². The SMILES string of the molecule is FC(F)(F)CN1CCN(c2ccc3ccccc3n2)CC1. The average Bonchev–Trinajstić information content (AvgIpc) is 2.46. The molecule has 3 rings (SSSR count). The largest absolute Gasteiger partial charge is 0.401 e. The minimum atomic E-state index is -4.12. The number of anilines is 1. The van der Waals surface area contributed by atoms with E-state index in [9.17, 15) is 13.2 Å². The fourth-order valence-corrected chi connectivity index (χ4v) is 2.62. The Labute approximate surface area is 121 Å². The van der Waals surface area contributed by atoms with Crippen molar-refractivity contribution in [2.75, 3.05) is 37.6 Å². The zero-order valence-electron chi connectivity index (χ0n) is 11.5. The van der Waals surface area contributed by atoms with Crippen molar-refractivity contribution in [2.24, 2.45) is 0 Å². The second-order valence-corrected chi connectivity index (χ2v) is 5.24. The van der Waals surface area contributed by atoms with E-state index in [4.69, 9.17) is 0 Å². The Balaban J connectivity index is 1.68. The van der Waals surface area contributed by atoms with Crippen molar-refractivity contribution in [3.8, 4) is 0 Å². The molecule has 1 saturated heterocycles. The molecule has 0 N–H and O–H groups in total. The van der Waals surface area contributed by atoms with Gasteiger partial charge < -0.3 is 4.90 Å². The van der Waals surface area contributed by atoms with E-state index in [1.807, 2.05) is 41.3 Å². The maximum absolute atomic E-state index is 12.4. The van der Waals surface area contributed by atoms with Crippen LogP contribution in [0.4, 0.5) is 19.0 Å². The molecule has 0 aliphatic carbocycles. The van der Waals surface area contributed by atoms with Gasteiger partial charge in [-0.05, 0) is 18.2 Å². The molecule has 1 aliphatic heterocycles. The quantitative estimate of drug-likeness (QED) is 0.849. The van der Waals surface area contributed by atoms with Crippen molar-refractivity contribution in [3.05, 3.63) is 36.4 Å². The molecule has 1 aliphatic rings. The van der Waals surface area contributed by atoms with Gasteiger partial charge in [0.1, 0.15) is 5.82 Å². The van der Waals surface area contributed by atoms with Crippen molar-refractivity contribution < 1.29 is 13.2 Å². The lowest BCUT2D eigenvalue weighted by Gasteiger charge is -2.35. The van der Waals surface area contributed by atoms with Crippen molar-refractivity contribution in [1.29, 1.82) is 0 Å². The standard InChI is InChI=1S/C15H16F3N3/c16-15(17,18)11-20-7-9-21(10-8-20)14-6-5-12-3-1-2-4-13(12)19-14/h1-6H,7-11H2. The Kier molecular flexibility index (Phi) is 3.71. The number of benzene rings is 1. The Morgan fingerprint density at radius 1 is 0.952 bits per heavy atom. The molecule has 0 radical (unpaired) electrons. The summed E-state index contributed by atoms with van der Waals surface area (Å²) in [5.74, 6) is 0.834. The molecule has 112 valence electrons. The van der Waals surface area contributed by atoms with Crippen molar-refractivity contribution in [2.45, 2.75) is 6.18 Å². The Morgan fingerprint density at radius 3 is 2.38 bits per heavy atom. The number of para-hydroxylation sites is 1. The topological polar surface area (TPSA) is 19.4 Å². The highest BCUT2D eigenvalue weighted by Crippen LogP contribution is 2.21. The van der Waals surface area contributed by atoms with E-state index in [-0.39, 0.29) is 0 Å². The van der Waals surface area contributed by atoms with Gasteiger partial charge in [-0.15, -0.1) is 0 Å².